The van der Waals surface area contributed by atoms with Gasteiger partial charge < -0.3 is 0 Å². The first-order valence-corrected chi connectivity index (χ1v) is 7.91. The molecule has 1 saturated heterocycles. The lowest BCUT2D eigenvalue weighted by Gasteiger charge is -2.36. The summed E-state index contributed by atoms with van der Waals surface area (Å²) in [7, 11) is -3.92. The van der Waals surface area contributed by atoms with Gasteiger partial charge in [0.2, 0.25) is 0 Å². The summed E-state index contributed by atoms with van der Waals surface area (Å²) in [5.74, 6) is 0. The number of benzene rings is 1. The molecule has 1 heterocycles. The third-order valence-corrected chi connectivity index (χ3v) is 4.84. The Morgan fingerprint density at radius 2 is 1.89 bits per heavy atom. The van der Waals surface area contributed by atoms with Crippen molar-refractivity contribution in [1.29, 1.82) is 0 Å². The molecular weight excluding hydrogens is 314 g/mol. The second-order valence-electron chi connectivity index (χ2n) is 4.54. The van der Waals surface area contributed by atoms with E-state index in [4.69, 9.17) is 28.3 Å². The largest absolute Gasteiger partial charge is 0.277 e. The van der Waals surface area contributed by atoms with Gasteiger partial charge in [-0.05, 0) is 25.0 Å². The van der Waals surface area contributed by atoms with Crippen LogP contribution in [0, 0.1) is 0 Å². The first-order valence-electron chi connectivity index (χ1n) is 5.65. The van der Waals surface area contributed by atoms with Crippen molar-refractivity contribution in [2.45, 2.75) is 18.5 Å². The van der Waals surface area contributed by atoms with Crippen LogP contribution in [0.2, 0.25) is 10.0 Å². The zero-order chi connectivity index (χ0) is 14.3. The first kappa shape index (κ1) is 15.0. The van der Waals surface area contributed by atoms with Crippen LogP contribution in [0.25, 0.3) is 0 Å². The average Bonchev–Trinajstić information content (AvgIpc) is 2.27. The standard InChI is InChI=1S/C11H13Cl2FN2O2S/c12-8-3-1-4-9(13)10(8)11(14)5-2-6-16(7-11)19(15,17)18/h1,3-4H,2,5-7H2,(H2,15,17,18). The predicted molar refractivity (Wildman–Crippen MR) is 73.2 cm³/mol. The van der Waals surface area contributed by atoms with Crippen LogP contribution in [-0.4, -0.2) is 25.8 Å². The molecule has 19 heavy (non-hydrogen) atoms. The Bertz CT molecular complexity index is 576. The molecule has 1 aliphatic rings. The second kappa shape index (κ2) is 5.18. The minimum atomic E-state index is -3.92. The highest BCUT2D eigenvalue weighted by atomic mass is 35.5. The fourth-order valence-electron chi connectivity index (χ4n) is 2.32. The Labute approximate surface area is 121 Å². The van der Waals surface area contributed by atoms with Gasteiger partial charge in [-0.2, -0.15) is 12.7 Å². The lowest BCUT2D eigenvalue weighted by atomic mass is 9.88. The van der Waals surface area contributed by atoms with E-state index in [2.05, 4.69) is 0 Å². The summed E-state index contributed by atoms with van der Waals surface area (Å²) in [5.41, 5.74) is -1.79. The van der Waals surface area contributed by atoms with E-state index in [-0.39, 0.29) is 35.1 Å². The summed E-state index contributed by atoms with van der Waals surface area (Å²) in [6.07, 6.45) is 0.511. The monoisotopic (exact) mass is 326 g/mol. The second-order valence-corrected chi connectivity index (χ2v) is 6.90. The van der Waals surface area contributed by atoms with Crippen molar-refractivity contribution in [2.24, 2.45) is 5.14 Å². The van der Waals surface area contributed by atoms with Crippen LogP contribution in [-0.2, 0) is 15.9 Å². The number of alkyl halides is 1. The maximum absolute atomic E-state index is 15.1. The molecule has 1 aromatic carbocycles. The normalized spacial score (nSPS) is 25.5. The van der Waals surface area contributed by atoms with E-state index in [0.717, 1.165) is 4.31 Å². The Morgan fingerprint density at radius 3 is 2.42 bits per heavy atom. The van der Waals surface area contributed by atoms with Gasteiger partial charge in [0, 0.05) is 22.2 Å². The molecule has 4 nitrogen and oxygen atoms in total. The topological polar surface area (TPSA) is 63.4 Å². The Kier molecular flexibility index (Phi) is 4.09. The molecule has 0 saturated carbocycles. The quantitative estimate of drug-likeness (QED) is 0.907. The van der Waals surface area contributed by atoms with E-state index in [1.54, 1.807) is 6.07 Å². The molecular formula is C11H13Cl2FN2O2S. The zero-order valence-corrected chi connectivity index (χ0v) is 12.3. The minimum absolute atomic E-state index is 0.131. The van der Waals surface area contributed by atoms with Gasteiger partial charge in [0.25, 0.3) is 10.2 Å². The Morgan fingerprint density at radius 1 is 1.32 bits per heavy atom. The number of halogens is 3. The molecule has 1 aliphatic heterocycles. The summed E-state index contributed by atoms with van der Waals surface area (Å²) in [6, 6.07) is 4.66. The summed E-state index contributed by atoms with van der Waals surface area (Å²) in [6.45, 7) is -0.165. The van der Waals surface area contributed by atoms with Gasteiger partial charge in [0.1, 0.15) is 0 Å². The molecule has 0 aliphatic carbocycles. The van der Waals surface area contributed by atoms with Gasteiger partial charge in [-0.15, -0.1) is 0 Å². The van der Waals surface area contributed by atoms with E-state index in [1.807, 2.05) is 0 Å². The van der Waals surface area contributed by atoms with Crippen LogP contribution >= 0.6 is 23.2 Å². The highest BCUT2D eigenvalue weighted by Gasteiger charge is 2.42. The van der Waals surface area contributed by atoms with Gasteiger partial charge in [-0.25, -0.2) is 9.53 Å². The first-order chi connectivity index (χ1) is 8.74. The molecule has 0 radical (unpaired) electrons. The van der Waals surface area contributed by atoms with Crippen molar-refractivity contribution in [1.82, 2.24) is 4.31 Å². The van der Waals surface area contributed by atoms with Crippen LogP contribution in [0.5, 0.6) is 0 Å². The number of piperidine rings is 1. The van der Waals surface area contributed by atoms with Crippen LogP contribution < -0.4 is 5.14 Å². The van der Waals surface area contributed by atoms with Gasteiger partial charge >= 0.3 is 0 Å². The molecule has 106 valence electrons. The fourth-order valence-corrected chi connectivity index (χ4v) is 3.82. The molecule has 0 bridgehead atoms. The predicted octanol–water partition coefficient (Wildman–Crippen LogP) is 2.46. The maximum atomic E-state index is 15.1. The third-order valence-electron chi connectivity index (χ3n) is 3.18. The van der Waals surface area contributed by atoms with Crippen molar-refractivity contribution in [3.63, 3.8) is 0 Å². The molecule has 1 unspecified atom stereocenters. The summed E-state index contributed by atoms with van der Waals surface area (Å²) in [4.78, 5) is 0. The van der Waals surface area contributed by atoms with E-state index in [1.165, 1.54) is 12.1 Å². The van der Waals surface area contributed by atoms with Crippen molar-refractivity contribution < 1.29 is 12.8 Å². The fraction of sp³-hybridized carbons (Fsp3) is 0.455. The van der Waals surface area contributed by atoms with E-state index >= 15 is 4.39 Å². The van der Waals surface area contributed by atoms with E-state index in [9.17, 15) is 8.42 Å². The summed E-state index contributed by atoms with van der Waals surface area (Å²) >= 11 is 12.0. The lowest BCUT2D eigenvalue weighted by molar-refractivity contribution is 0.0817. The van der Waals surface area contributed by atoms with Crippen LogP contribution in [0.3, 0.4) is 0 Å². The SMILES string of the molecule is NS(=O)(=O)N1CCCC(F)(c2c(Cl)cccc2Cl)C1. The highest BCUT2D eigenvalue weighted by molar-refractivity contribution is 7.86. The zero-order valence-electron chi connectivity index (χ0n) is 9.94. The number of nitrogens with two attached hydrogens (primary N) is 1. The average molecular weight is 327 g/mol. The number of rotatable bonds is 2. The highest BCUT2D eigenvalue weighted by Crippen LogP contribution is 2.43. The Hall–Kier alpha value is -0.400. The van der Waals surface area contributed by atoms with Crippen molar-refractivity contribution in [3.8, 4) is 0 Å². The van der Waals surface area contributed by atoms with E-state index in [0.29, 0.717) is 6.42 Å². The van der Waals surface area contributed by atoms with Crippen molar-refractivity contribution in [2.75, 3.05) is 13.1 Å². The molecule has 0 amide bonds. The van der Waals surface area contributed by atoms with Crippen molar-refractivity contribution in [3.05, 3.63) is 33.8 Å². The van der Waals surface area contributed by atoms with Crippen LogP contribution in [0.15, 0.2) is 18.2 Å². The summed E-state index contributed by atoms with van der Waals surface area (Å²) < 4.78 is 38.7. The van der Waals surface area contributed by atoms with Gasteiger partial charge in [0.15, 0.2) is 5.67 Å². The molecule has 2 N–H and O–H groups in total. The lowest BCUT2D eigenvalue weighted by Crippen LogP contribution is -2.48. The molecule has 0 aromatic heterocycles. The van der Waals surface area contributed by atoms with E-state index < -0.39 is 15.9 Å². The molecule has 8 heteroatoms. The van der Waals surface area contributed by atoms with Gasteiger partial charge in [-0.3, -0.25) is 0 Å². The van der Waals surface area contributed by atoms with Gasteiger partial charge in [-0.1, -0.05) is 29.3 Å². The number of hydrogen-bond acceptors (Lipinski definition) is 2. The molecule has 0 spiro atoms. The molecule has 2 rings (SSSR count). The molecule has 1 aromatic rings. The molecule has 1 atom stereocenters. The third kappa shape index (κ3) is 3.03. The summed E-state index contributed by atoms with van der Waals surface area (Å²) in [5, 5.41) is 5.42. The number of nitrogens with zero attached hydrogens (tertiary/aromatic N) is 1. The molecule has 1 fully saturated rings. The smallest absolute Gasteiger partial charge is 0.237 e. The van der Waals surface area contributed by atoms with Crippen LogP contribution in [0.1, 0.15) is 18.4 Å². The Balaban J connectivity index is 2.43. The maximum Gasteiger partial charge on any atom is 0.277 e. The minimum Gasteiger partial charge on any atom is -0.237 e. The number of hydrogen-bond donors (Lipinski definition) is 1. The van der Waals surface area contributed by atoms with Crippen molar-refractivity contribution >= 4 is 33.4 Å². The van der Waals surface area contributed by atoms with Gasteiger partial charge in [0.05, 0.1) is 6.54 Å². The van der Waals surface area contributed by atoms with Crippen LogP contribution in [0.4, 0.5) is 4.39 Å².